The Hall–Kier alpha value is -2.30. The molecule has 0 unspecified atom stereocenters. The van der Waals surface area contributed by atoms with E-state index < -0.39 is 11.5 Å². The van der Waals surface area contributed by atoms with Crippen molar-refractivity contribution < 1.29 is 14.7 Å². The van der Waals surface area contributed by atoms with E-state index in [-0.39, 0.29) is 12.3 Å². The number of aromatic nitrogens is 1. The molecule has 0 aliphatic heterocycles. The van der Waals surface area contributed by atoms with Gasteiger partial charge in [-0.1, -0.05) is 11.6 Å². The average Bonchev–Trinajstić information content (AvgIpc) is 2.78. The molecule has 3 N–H and O–H groups in total. The highest BCUT2D eigenvalue weighted by atomic mass is 16.4. The maximum Gasteiger partial charge on any atom is 0.328 e. The number of carbonyl (C=O) groups excluding carboxylic acids is 1. The summed E-state index contributed by atoms with van der Waals surface area (Å²) in [5.74, 6) is -1.30. The summed E-state index contributed by atoms with van der Waals surface area (Å²) in [4.78, 5) is 26.0. The van der Waals surface area contributed by atoms with Crippen LogP contribution in [0.3, 0.4) is 0 Å². The van der Waals surface area contributed by atoms with E-state index in [0.29, 0.717) is 6.42 Å². The number of nitrogens with one attached hydrogen (secondary N) is 2. The fourth-order valence-electron chi connectivity index (χ4n) is 2.21. The Bertz CT molecular complexity index is 686. The highest BCUT2D eigenvalue weighted by Gasteiger charge is 2.28. The number of aliphatic carboxylic acids is 1. The van der Waals surface area contributed by atoms with Crippen molar-refractivity contribution in [3.8, 4) is 0 Å². The first kappa shape index (κ1) is 15.1. The monoisotopic (exact) mass is 288 g/mol. The van der Waals surface area contributed by atoms with Crippen molar-refractivity contribution >= 4 is 22.8 Å². The van der Waals surface area contributed by atoms with Crippen molar-refractivity contribution in [3.05, 3.63) is 35.5 Å². The number of fused-ring (bicyclic) bond motifs is 1. The second-order valence-electron chi connectivity index (χ2n) is 5.84. The Morgan fingerprint density at radius 2 is 2.05 bits per heavy atom. The number of carboxylic acid groups (broad SMARTS) is 1. The number of H-pyrrole nitrogens is 1. The molecule has 0 spiro atoms. The number of hydrogen-bond donors (Lipinski definition) is 3. The van der Waals surface area contributed by atoms with E-state index in [0.717, 1.165) is 16.5 Å². The maximum atomic E-state index is 11.9. The third-order valence-electron chi connectivity index (χ3n) is 3.53. The number of amides is 1. The molecule has 0 saturated carbocycles. The van der Waals surface area contributed by atoms with Crippen molar-refractivity contribution in [2.45, 2.75) is 39.2 Å². The fourth-order valence-corrected chi connectivity index (χ4v) is 2.21. The number of hydrogen-bond acceptors (Lipinski definition) is 2. The molecular weight excluding hydrogens is 268 g/mol. The summed E-state index contributed by atoms with van der Waals surface area (Å²) < 4.78 is 0. The predicted molar refractivity (Wildman–Crippen MR) is 81.2 cm³/mol. The minimum atomic E-state index is -1.24. The maximum absolute atomic E-state index is 11.9. The van der Waals surface area contributed by atoms with Gasteiger partial charge in [0.2, 0.25) is 5.91 Å². The van der Waals surface area contributed by atoms with Gasteiger partial charge in [0.1, 0.15) is 5.54 Å². The van der Waals surface area contributed by atoms with Crippen LogP contribution in [-0.2, 0) is 16.0 Å². The van der Waals surface area contributed by atoms with Crippen molar-refractivity contribution in [3.63, 3.8) is 0 Å². The van der Waals surface area contributed by atoms with Gasteiger partial charge in [0.05, 0.1) is 0 Å². The molecule has 5 nitrogen and oxygen atoms in total. The third kappa shape index (κ3) is 3.42. The van der Waals surface area contributed by atoms with E-state index in [2.05, 4.69) is 16.4 Å². The first-order valence-corrected chi connectivity index (χ1v) is 6.90. The zero-order valence-electron chi connectivity index (χ0n) is 12.5. The molecule has 0 atom stereocenters. The van der Waals surface area contributed by atoms with E-state index >= 15 is 0 Å². The predicted octanol–water partition coefficient (Wildman–Crippen LogP) is 2.39. The molecular formula is C16H20N2O3. The zero-order valence-corrected chi connectivity index (χ0v) is 12.5. The van der Waals surface area contributed by atoms with Crippen LogP contribution in [0.25, 0.3) is 10.9 Å². The molecule has 0 bridgehead atoms. The van der Waals surface area contributed by atoms with Gasteiger partial charge in [0, 0.05) is 23.5 Å². The van der Waals surface area contributed by atoms with Crippen LogP contribution < -0.4 is 5.32 Å². The molecule has 1 aromatic heterocycles. The summed E-state index contributed by atoms with van der Waals surface area (Å²) >= 11 is 0. The van der Waals surface area contributed by atoms with Gasteiger partial charge in [-0.25, -0.2) is 4.79 Å². The van der Waals surface area contributed by atoms with Gasteiger partial charge in [0.25, 0.3) is 0 Å². The van der Waals surface area contributed by atoms with Gasteiger partial charge in [-0.2, -0.15) is 0 Å². The smallest absolute Gasteiger partial charge is 0.328 e. The normalized spacial score (nSPS) is 11.6. The minimum Gasteiger partial charge on any atom is -0.480 e. The molecule has 0 aliphatic rings. The second kappa shape index (κ2) is 5.60. The molecule has 0 saturated heterocycles. The second-order valence-corrected chi connectivity index (χ2v) is 5.84. The van der Waals surface area contributed by atoms with Crippen LogP contribution in [0.2, 0.25) is 0 Å². The first-order valence-electron chi connectivity index (χ1n) is 6.90. The zero-order chi connectivity index (χ0) is 15.6. The van der Waals surface area contributed by atoms with E-state index in [1.54, 1.807) is 0 Å². The van der Waals surface area contributed by atoms with Crippen molar-refractivity contribution in [1.29, 1.82) is 0 Å². The highest BCUT2D eigenvalue weighted by molar-refractivity contribution is 5.87. The van der Waals surface area contributed by atoms with Crippen LogP contribution >= 0.6 is 0 Å². The number of carbonyl (C=O) groups is 2. The molecule has 1 amide bonds. The summed E-state index contributed by atoms with van der Waals surface area (Å²) in [6, 6.07) is 6.13. The average molecular weight is 288 g/mol. The molecule has 1 heterocycles. The van der Waals surface area contributed by atoms with Gasteiger partial charge in [-0.15, -0.1) is 0 Å². The highest BCUT2D eigenvalue weighted by Crippen LogP contribution is 2.21. The lowest BCUT2D eigenvalue weighted by Gasteiger charge is -2.20. The van der Waals surface area contributed by atoms with Crippen molar-refractivity contribution in [1.82, 2.24) is 10.3 Å². The Labute approximate surface area is 123 Å². The number of benzene rings is 1. The number of aromatic amines is 1. The molecule has 0 fully saturated rings. The van der Waals surface area contributed by atoms with Gasteiger partial charge >= 0.3 is 5.97 Å². The van der Waals surface area contributed by atoms with Crippen molar-refractivity contribution in [2.75, 3.05) is 0 Å². The lowest BCUT2D eigenvalue weighted by Crippen LogP contribution is -2.49. The van der Waals surface area contributed by atoms with E-state index in [1.807, 2.05) is 25.3 Å². The summed E-state index contributed by atoms with van der Waals surface area (Å²) in [6.07, 6.45) is 2.74. The topological polar surface area (TPSA) is 82.2 Å². The standard InChI is InChI=1S/C16H20N2O3/c1-10-4-6-13-12(8-10)11(9-17-13)5-7-14(19)18-16(2,3)15(20)21/h4,6,8-9,17H,5,7H2,1-3H3,(H,18,19)(H,20,21). The third-order valence-corrected chi connectivity index (χ3v) is 3.53. The Balaban J connectivity index is 2.03. The molecule has 0 radical (unpaired) electrons. The Morgan fingerprint density at radius 1 is 1.33 bits per heavy atom. The largest absolute Gasteiger partial charge is 0.480 e. The lowest BCUT2D eigenvalue weighted by molar-refractivity contribution is -0.146. The van der Waals surface area contributed by atoms with Crippen LogP contribution in [0, 0.1) is 6.92 Å². The first-order chi connectivity index (χ1) is 9.79. The molecule has 2 rings (SSSR count). The van der Waals surface area contributed by atoms with Crippen LogP contribution in [0.4, 0.5) is 0 Å². The Kier molecular flexibility index (Phi) is 4.02. The summed E-state index contributed by atoms with van der Waals surface area (Å²) in [5.41, 5.74) is 2.03. The molecule has 0 aliphatic carbocycles. The van der Waals surface area contributed by atoms with Gasteiger partial charge in [-0.05, 0) is 44.9 Å². The summed E-state index contributed by atoms with van der Waals surface area (Å²) in [5, 5.41) is 12.6. The van der Waals surface area contributed by atoms with Gasteiger partial charge in [-0.3, -0.25) is 4.79 Å². The van der Waals surface area contributed by atoms with Crippen LogP contribution in [0.1, 0.15) is 31.4 Å². The summed E-state index contributed by atoms with van der Waals surface area (Å²) in [6.45, 7) is 4.98. The minimum absolute atomic E-state index is 0.260. The van der Waals surface area contributed by atoms with Crippen molar-refractivity contribution in [2.24, 2.45) is 0 Å². The number of carboxylic acids is 1. The SMILES string of the molecule is Cc1ccc2[nH]cc(CCC(=O)NC(C)(C)C(=O)O)c2c1. The summed E-state index contributed by atoms with van der Waals surface area (Å²) in [7, 11) is 0. The van der Waals surface area contributed by atoms with Crippen LogP contribution in [-0.4, -0.2) is 27.5 Å². The van der Waals surface area contributed by atoms with Gasteiger partial charge in [0.15, 0.2) is 0 Å². The lowest BCUT2D eigenvalue weighted by atomic mass is 10.0. The number of aryl methyl sites for hydroxylation is 2. The van der Waals surface area contributed by atoms with Gasteiger partial charge < -0.3 is 15.4 Å². The van der Waals surface area contributed by atoms with E-state index in [1.165, 1.54) is 19.4 Å². The van der Waals surface area contributed by atoms with E-state index in [4.69, 9.17) is 5.11 Å². The van der Waals surface area contributed by atoms with Crippen LogP contribution in [0.5, 0.6) is 0 Å². The molecule has 112 valence electrons. The van der Waals surface area contributed by atoms with E-state index in [9.17, 15) is 9.59 Å². The molecule has 2 aromatic rings. The molecule has 21 heavy (non-hydrogen) atoms. The van der Waals surface area contributed by atoms with Crippen LogP contribution in [0.15, 0.2) is 24.4 Å². The quantitative estimate of drug-likeness (QED) is 0.790. The molecule has 1 aromatic carbocycles. The Morgan fingerprint density at radius 3 is 2.71 bits per heavy atom. The fraction of sp³-hybridized carbons (Fsp3) is 0.375. The molecule has 5 heteroatoms. The number of rotatable bonds is 5.